The van der Waals surface area contributed by atoms with Gasteiger partial charge in [0.25, 0.3) is 0 Å². The molecule has 6 nitrogen and oxygen atoms in total. The van der Waals surface area contributed by atoms with Gasteiger partial charge in [-0.05, 0) is 6.07 Å². The number of Topliss-reactive ketones (excluding diaryl/α,β-unsaturated/α-hetero) is 1. The first-order valence-corrected chi connectivity index (χ1v) is 8.55. The molecule has 1 fully saturated rings. The molecule has 3 rings (SSSR count). The molecule has 0 bridgehead atoms. The standard InChI is InChI=1S/C19H15F5N2O4/c20-16(21)30-12-9-5-4-8-11(12)14-13(15(27)10-6-2-1-3-7-10)18(29,19(22,23)24)26-17(28)25-14/h1-9,13-14,16,29H,(H2,25,26,28)/t13-,14+,18+/m1/s1. The summed E-state index contributed by atoms with van der Waals surface area (Å²) in [6, 6.07) is 8.28. The van der Waals surface area contributed by atoms with Crippen LogP contribution in [-0.2, 0) is 0 Å². The third kappa shape index (κ3) is 3.92. The number of carbonyl (C=O) groups is 2. The molecule has 1 aliphatic heterocycles. The number of hydrogen-bond acceptors (Lipinski definition) is 4. The van der Waals surface area contributed by atoms with Crippen LogP contribution in [0.2, 0.25) is 0 Å². The first-order valence-electron chi connectivity index (χ1n) is 8.55. The highest BCUT2D eigenvalue weighted by Crippen LogP contribution is 2.45. The average Bonchev–Trinajstić information content (AvgIpc) is 2.67. The number of nitrogens with one attached hydrogen (secondary N) is 2. The van der Waals surface area contributed by atoms with Gasteiger partial charge < -0.3 is 20.5 Å². The van der Waals surface area contributed by atoms with Crippen LogP contribution in [0.5, 0.6) is 5.75 Å². The second-order valence-electron chi connectivity index (χ2n) is 6.46. The highest BCUT2D eigenvalue weighted by molar-refractivity contribution is 6.00. The second kappa shape index (κ2) is 7.90. The van der Waals surface area contributed by atoms with Crippen molar-refractivity contribution in [2.45, 2.75) is 24.6 Å². The molecule has 1 heterocycles. The molecule has 2 aromatic carbocycles. The Kier molecular flexibility index (Phi) is 5.66. The Balaban J connectivity index is 2.19. The summed E-state index contributed by atoms with van der Waals surface area (Å²) in [6.07, 6.45) is -5.46. The molecule has 0 unspecified atom stereocenters. The van der Waals surface area contributed by atoms with E-state index < -0.39 is 48.0 Å². The van der Waals surface area contributed by atoms with Gasteiger partial charge in [0.05, 0.1) is 6.04 Å². The summed E-state index contributed by atoms with van der Waals surface area (Å²) in [6.45, 7) is -3.31. The fourth-order valence-corrected chi connectivity index (χ4v) is 3.32. The number of benzene rings is 2. The lowest BCUT2D eigenvalue weighted by molar-refractivity contribution is -0.287. The van der Waals surface area contributed by atoms with Crippen molar-refractivity contribution < 1.29 is 41.4 Å². The van der Waals surface area contributed by atoms with E-state index in [1.807, 2.05) is 0 Å². The summed E-state index contributed by atoms with van der Waals surface area (Å²) in [5.41, 5.74) is -4.48. The smallest absolute Gasteiger partial charge is 0.434 e. The number of amides is 2. The van der Waals surface area contributed by atoms with E-state index in [9.17, 15) is 36.6 Å². The van der Waals surface area contributed by atoms with Gasteiger partial charge in [-0.3, -0.25) is 4.79 Å². The van der Waals surface area contributed by atoms with Crippen LogP contribution in [0.4, 0.5) is 26.7 Å². The molecule has 0 saturated carbocycles. The molecule has 2 amide bonds. The van der Waals surface area contributed by atoms with Crippen molar-refractivity contribution in [3.8, 4) is 5.75 Å². The van der Waals surface area contributed by atoms with Gasteiger partial charge >= 0.3 is 18.8 Å². The highest BCUT2D eigenvalue weighted by Gasteiger charge is 2.66. The van der Waals surface area contributed by atoms with Gasteiger partial charge in [-0.15, -0.1) is 0 Å². The van der Waals surface area contributed by atoms with Crippen LogP contribution in [0.25, 0.3) is 0 Å². The van der Waals surface area contributed by atoms with Gasteiger partial charge in [-0.2, -0.15) is 22.0 Å². The van der Waals surface area contributed by atoms with Crippen LogP contribution in [0.1, 0.15) is 22.0 Å². The molecule has 0 radical (unpaired) electrons. The first kappa shape index (κ1) is 21.5. The molecular weight excluding hydrogens is 415 g/mol. The molecule has 160 valence electrons. The molecule has 3 N–H and O–H groups in total. The summed E-state index contributed by atoms with van der Waals surface area (Å²) in [4.78, 5) is 25.0. The van der Waals surface area contributed by atoms with E-state index in [0.29, 0.717) is 0 Å². The molecule has 2 aromatic rings. The van der Waals surface area contributed by atoms with Gasteiger partial charge in [0.15, 0.2) is 5.78 Å². The first-order chi connectivity index (χ1) is 14.0. The number of alkyl halides is 5. The van der Waals surface area contributed by atoms with Gasteiger partial charge in [-0.25, -0.2) is 4.79 Å². The van der Waals surface area contributed by atoms with E-state index in [4.69, 9.17) is 0 Å². The Morgan fingerprint density at radius 2 is 1.67 bits per heavy atom. The molecule has 11 heteroatoms. The minimum Gasteiger partial charge on any atom is -0.434 e. The zero-order valence-electron chi connectivity index (χ0n) is 15.0. The zero-order valence-corrected chi connectivity index (χ0v) is 15.0. The lowest BCUT2D eigenvalue weighted by atomic mass is 9.77. The SMILES string of the molecule is O=C1N[C@@H](c2ccccc2OC(F)F)[C@H](C(=O)c2ccccc2)[C@](O)(C(F)(F)F)N1. The number of ketones is 1. The Bertz CT molecular complexity index is 938. The number of aliphatic hydroxyl groups is 1. The van der Waals surface area contributed by atoms with Crippen LogP contribution in [0.15, 0.2) is 54.6 Å². The molecule has 1 saturated heterocycles. The third-order valence-corrected chi connectivity index (χ3v) is 4.62. The van der Waals surface area contributed by atoms with Crippen molar-refractivity contribution in [2.75, 3.05) is 0 Å². The van der Waals surface area contributed by atoms with Crippen molar-refractivity contribution in [1.82, 2.24) is 10.6 Å². The average molecular weight is 430 g/mol. The van der Waals surface area contributed by atoms with E-state index in [0.717, 1.165) is 12.1 Å². The minimum atomic E-state index is -5.46. The lowest BCUT2D eigenvalue weighted by Crippen LogP contribution is -2.72. The Labute approximate surface area is 166 Å². The second-order valence-corrected chi connectivity index (χ2v) is 6.46. The minimum absolute atomic E-state index is 0.180. The number of rotatable bonds is 5. The van der Waals surface area contributed by atoms with E-state index in [2.05, 4.69) is 10.1 Å². The quantitative estimate of drug-likeness (QED) is 0.501. The van der Waals surface area contributed by atoms with Crippen molar-refractivity contribution in [2.24, 2.45) is 5.92 Å². The zero-order chi connectivity index (χ0) is 22.1. The number of halogens is 5. The van der Waals surface area contributed by atoms with Crippen molar-refractivity contribution in [1.29, 1.82) is 0 Å². The van der Waals surface area contributed by atoms with Gasteiger partial charge in [-0.1, -0.05) is 48.5 Å². The van der Waals surface area contributed by atoms with Gasteiger partial charge in [0, 0.05) is 11.1 Å². The Morgan fingerprint density at radius 3 is 2.27 bits per heavy atom. The maximum Gasteiger partial charge on any atom is 0.437 e. The van der Waals surface area contributed by atoms with E-state index in [1.165, 1.54) is 47.8 Å². The number of carbonyl (C=O) groups excluding carboxylic acids is 2. The monoisotopic (exact) mass is 430 g/mol. The molecule has 0 aromatic heterocycles. The lowest BCUT2D eigenvalue weighted by Gasteiger charge is -2.45. The summed E-state index contributed by atoms with van der Waals surface area (Å²) in [5.74, 6) is -4.06. The largest absolute Gasteiger partial charge is 0.437 e. The van der Waals surface area contributed by atoms with Gasteiger partial charge in [0.2, 0.25) is 5.72 Å². The van der Waals surface area contributed by atoms with Crippen LogP contribution >= 0.6 is 0 Å². The van der Waals surface area contributed by atoms with Crippen molar-refractivity contribution in [3.63, 3.8) is 0 Å². The summed E-state index contributed by atoms with van der Waals surface area (Å²) >= 11 is 0. The number of ether oxygens (including phenoxy) is 1. The normalized spacial score (nSPS) is 24.2. The number of para-hydroxylation sites is 1. The fourth-order valence-electron chi connectivity index (χ4n) is 3.32. The van der Waals surface area contributed by atoms with E-state index in [1.54, 1.807) is 0 Å². The fraction of sp³-hybridized carbons (Fsp3) is 0.263. The van der Waals surface area contributed by atoms with E-state index >= 15 is 0 Å². The number of hydrogen-bond donors (Lipinski definition) is 3. The summed E-state index contributed by atoms with van der Waals surface area (Å²) in [5, 5.41) is 14.0. The molecule has 3 atom stereocenters. The molecule has 0 spiro atoms. The summed E-state index contributed by atoms with van der Waals surface area (Å²) < 4.78 is 71.4. The Morgan fingerprint density at radius 1 is 1.07 bits per heavy atom. The van der Waals surface area contributed by atoms with Crippen LogP contribution in [-0.4, -0.2) is 35.4 Å². The molecular formula is C19H15F5N2O4. The van der Waals surface area contributed by atoms with Crippen LogP contribution in [0.3, 0.4) is 0 Å². The predicted octanol–water partition coefficient (Wildman–Crippen LogP) is 3.39. The van der Waals surface area contributed by atoms with E-state index in [-0.39, 0.29) is 11.1 Å². The van der Waals surface area contributed by atoms with Crippen LogP contribution < -0.4 is 15.4 Å². The summed E-state index contributed by atoms with van der Waals surface area (Å²) in [7, 11) is 0. The van der Waals surface area contributed by atoms with Crippen LogP contribution in [0, 0.1) is 5.92 Å². The third-order valence-electron chi connectivity index (χ3n) is 4.62. The molecule has 0 aliphatic carbocycles. The predicted molar refractivity (Wildman–Crippen MR) is 92.7 cm³/mol. The number of urea groups is 1. The highest BCUT2D eigenvalue weighted by atomic mass is 19.4. The van der Waals surface area contributed by atoms with Crippen molar-refractivity contribution in [3.05, 3.63) is 65.7 Å². The topological polar surface area (TPSA) is 87.7 Å². The van der Waals surface area contributed by atoms with Gasteiger partial charge in [0.1, 0.15) is 11.7 Å². The molecule has 30 heavy (non-hydrogen) atoms. The molecule has 1 aliphatic rings. The maximum absolute atomic E-state index is 13.8. The maximum atomic E-state index is 13.8. The Hall–Kier alpha value is -3.21. The van der Waals surface area contributed by atoms with Crippen molar-refractivity contribution >= 4 is 11.8 Å².